The zero-order valence-corrected chi connectivity index (χ0v) is 25.4. The minimum atomic E-state index is -1.11. The van der Waals surface area contributed by atoms with Crippen LogP contribution in [0.3, 0.4) is 0 Å². The molecule has 5 aromatic rings. The summed E-state index contributed by atoms with van der Waals surface area (Å²) in [6.45, 7) is 7.85. The van der Waals surface area contributed by atoms with Crippen LogP contribution in [0.25, 0.3) is 43.9 Å². The fourth-order valence-corrected chi connectivity index (χ4v) is 6.41. The molecule has 0 amide bonds. The lowest BCUT2D eigenvalue weighted by molar-refractivity contribution is -0.149. The van der Waals surface area contributed by atoms with Crippen molar-refractivity contribution >= 4 is 33.6 Å². The molecule has 8 heteroatoms. The number of fused-ring (bicyclic) bond motifs is 1. The Hall–Kier alpha value is -4.56. The van der Waals surface area contributed by atoms with Crippen LogP contribution in [0.2, 0.25) is 0 Å². The monoisotopic (exact) mass is 588 g/mol. The van der Waals surface area contributed by atoms with Gasteiger partial charge in [0.15, 0.2) is 0 Å². The van der Waals surface area contributed by atoms with Crippen LogP contribution in [-0.4, -0.2) is 57.9 Å². The van der Waals surface area contributed by atoms with Crippen LogP contribution in [0.15, 0.2) is 61.1 Å². The van der Waals surface area contributed by atoms with Crippen molar-refractivity contribution in [3.05, 3.63) is 77.7 Å². The second-order valence-electron chi connectivity index (χ2n) is 12.5. The van der Waals surface area contributed by atoms with E-state index in [-0.39, 0.29) is 19.0 Å². The zero-order valence-electron chi connectivity index (χ0n) is 25.4. The van der Waals surface area contributed by atoms with Gasteiger partial charge in [0, 0.05) is 54.6 Å². The molecule has 0 atom stereocenters. The Bertz CT molecular complexity index is 1880. The third-order valence-electron chi connectivity index (χ3n) is 8.58. The van der Waals surface area contributed by atoms with Crippen LogP contribution in [0.5, 0.6) is 5.75 Å². The standard InChI is InChI=1S/C36H36N4O4/c1-22-16-25-17-24(26-19-38-35(39-20-26)40-13-4-5-14-40)6-7-27(25)33(29(22)18-31(41)44-21-36(2,3)42)28-8-9-30-32-23(11-15-43-30)10-12-37-34(28)32/h6-10,12,16-17,19-20,42H,4-5,11,13-15,18,21H2,1-3H3. The Balaban J connectivity index is 1.37. The average molecular weight is 589 g/mol. The smallest absolute Gasteiger partial charge is 0.310 e. The van der Waals surface area contributed by atoms with E-state index in [0.717, 1.165) is 86.3 Å². The number of carbonyl (C=O) groups is 1. The minimum absolute atomic E-state index is 0.0696. The Morgan fingerprint density at radius 2 is 1.82 bits per heavy atom. The van der Waals surface area contributed by atoms with Gasteiger partial charge in [-0.15, -0.1) is 0 Å². The van der Waals surface area contributed by atoms with Crippen LogP contribution in [0.1, 0.15) is 43.4 Å². The first-order chi connectivity index (χ1) is 21.2. The van der Waals surface area contributed by atoms with E-state index >= 15 is 0 Å². The first-order valence-corrected chi connectivity index (χ1v) is 15.3. The highest BCUT2D eigenvalue weighted by molar-refractivity contribution is 6.09. The summed E-state index contributed by atoms with van der Waals surface area (Å²) in [4.78, 5) is 29.5. The van der Waals surface area contributed by atoms with E-state index in [1.807, 2.05) is 31.6 Å². The molecular formula is C36H36N4O4. The number of rotatable bonds is 7. The van der Waals surface area contributed by atoms with Crippen LogP contribution in [-0.2, 0) is 22.4 Å². The number of carbonyl (C=O) groups excluding carboxylic acids is 1. The maximum atomic E-state index is 13.1. The first kappa shape index (κ1) is 28.2. The van der Waals surface area contributed by atoms with Crippen LogP contribution in [0.4, 0.5) is 5.95 Å². The largest absolute Gasteiger partial charge is 0.493 e. The highest BCUT2D eigenvalue weighted by Gasteiger charge is 2.24. The van der Waals surface area contributed by atoms with Crippen molar-refractivity contribution in [3.8, 4) is 28.0 Å². The predicted octanol–water partition coefficient (Wildman–Crippen LogP) is 6.21. The summed E-state index contributed by atoms with van der Waals surface area (Å²) >= 11 is 0. The van der Waals surface area contributed by atoms with Crippen molar-refractivity contribution in [2.24, 2.45) is 0 Å². The number of pyridine rings is 1. The van der Waals surface area contributed by atoms with Gasteiger partial charge in [-0.2, -0.15) is 0 Å². The third-order valence-corrected chi connectivity index (χ3v) is 8.58. The van der Waals surface area contributed by atoms with Gasteiger partial charge in [0.2, 0.25) is 5.95 Å². The molecule has 2 aromatic heterocycles. The first-order valence-electron chi connectivity index (χ1n) is 15.3. The molecule has 2 aliphatic heterocycles. The lowest BCUT2D eigenvalue weighted by atomic mass is 9.86. The number of aromatic nitrogens is 3. The number of anilines is 1. The fraction of sp³-hybridized carbons (Fsp3) is 0.333. The van der Waals surface area contributed by atoms with Gasteiger partial charge in [0.25, 0.3) is 0 Å². The van der Waals surface area contributed by atoms with E-state index in [9.17, 15) is 9.90 Å². The van der Waals surface area contributed by atoms with Gasteiger partial charge in [-0.05, 0) is 96.5 Å². The maximum Gasteiger partial charge on any atom is 0.310 e. The second-order valence-corrected chi connectivity index (χ2v) is 12.5. The van der Waals surface area contributed by atoms with E-state index in [1.54, 1.807) is 13.8 Å². The molecule has 0 bridgehead atoms. The minimum Gasteiger partial charge on any atom is -0.493 e. The van der Waals surface area contributed by atoms with Crippen LogP contribution < -0.4 is 9.64 Å². The molecule has 0 radical (unpaired) electrons. The molecule has 1 N–H and O–H groups in total. The van der Waals surface area contributed by atoms with E-state index in [4.69, 9.17) is 14.5 Å². The number of esters is 1. The number of benzene rings is 3. The van der Waals surface area contributed by atoms with E-state index in [0.29, 0.717) is 6.61 Å². The second kappa shape index (κ2) is 11.2. The lowest BCUT2D eigenvalue weighted by Gasteiger charge is -2.22. The average Bonchev–Trinajstić information content (AvgIpc) is 3.56. The molecule has 44 heavy (non-hydrogen) atoms. The molecule has 4 heterocycles. The Morgan fingerprint density at radius 1 is 1.02 bits per heavy atom. The molecule has 1 saturated heterocycles. The zero-order chi connectivity index (χ0) is 30.4. The van der Waals surface area contributed by atoms with E-state index in [1.165, 1.54) is 18.4 Å². The highest BCUT2D eigenvalue weighted by atomic mass is 16.5. The molecule has 0 spiro atoms. The molecule has 3 aromatic carbocycles. The van der Waals surface area contributed by atoms with Crippen molar-refractivity contribution in [1.82, 2.24) is 15.0 Å². The quantitative estimate of drug-likeness (QED) is 0.224. The van der Waals surface area contributed by atoms with Gasteiger partial charge < -0.3 is 19.5 Å². The summed E-state index contributed by atoms with van der Waals surface area (Å²) in [5.41, 5.74) is 6.68. The Labute approximate surface area is 256 Å². The number of nitrogens with zero attached hydrogens (tertiary/aromatic N) is 4. The molecule has 7 rings (SSSR count). The molecule has 224 valence electrons. The number of hydrogen-bond acceptors (Lipinski definition) is 8. The van der Waals surface area contributed by atoms with Crippen LogP contribution >= 0.6 is 0 Å². The van der Waals surface area contributed by atoms with Gasteiger partial charge in [-0.3, -0.25) is 9.78 Å². The van der Waals surface area contributed by atoms with Gasteiger partial charge >= 0.3 is 5.97 Å². The normalized spacial score (nSPS) is 14.7. The molecule has 8 nitrogen and oxygen atoms in total. The van der Waals surface area contributed by atoms with Crippen molar-refractivity contribution in [3.63, 3.8) is 0 Å². The van der Waals surface area contributed by atoms with Crippen molar-refractivity contribution in [2.45, 2.75) is 52.1 Å². The fourth-order valence-electron chi connectivity index (χ4n) is 6.41. The van der Waals surface area contributed by atoms with Gasteiger partial charge in [0.05, 0.1) is 24.1 Å². The molecule has 1 fully saturated rings. The predicted molar refractivity (Wildman–Crippen MR) is 172 cm³/mol. The lowest BCUT2D eigenvalue weighted by Crippen LogP contribution is -2.28. The van der Waals surface area contributed by atoms with Gasteiger partial charge in [-0.25, -0.2) is 9.97 Å². The van der Waals surface area contributed by atoms with Gasteiger partial charge in [-0.1, -0.05) is 18.2 Å². The van der Waals surface area contributed by atoms with Gasteiger partial charge in [0.1, 0.15) is 12.4 Å². The SMILES string of the molecule is Cc1cc2cc(-c3cnc(N4CCCC4)nc3)ccc2c(-c2ccc3c4c(ccnc24)CCO3)c1CC(=O)OCC(C)(C)O. The van der Waals surface area contributed by atoms with Crippen molar-refractivity contribution < 1.29 is 19.4 Å². The molecule has 2 aliphatic rings. The summed E-state index contributed by atoms with van der Waals surface area (Å²) in [6, 6.07) is 14.6. The molecule has 0 saturated carbocycles. The highest BCUT2D eigenvalue weighted by Crippen LogP contribution is 2.43. The Kier molecular flexibility index (Phi) is 7.17. The number of ether oxygens (including phenoxy) is 2. The topological polar surface area (TPSA) is 97.7 Å². The maximum absolute atomic E-state index is 13.1. The molecule has 0 unspecified atom stereocenters. The molecule has 0 aliphatic carbocycles. The summed E-state index contributed by atoms with van der Waals surface area (Å²) in [6.07, 6.45) is 8.91. The number of aryl methyl sites for hydroxylation is 1. The third kappa shape index (κ3) is 5.35. The van der Waals surface area contributed by atoms with Crippen molar-refractivity contribution in [1.29, 1.82) is 0 Å². The number of hydrogen-bond donors (Lipinski definition) is 1. The van der Waals surface area contributed by atoms with Crippen LogP contribution in [0, 0.1) is 6.92 Å². The van der Waals surface area contributed by atoms with E-state index < -0.39 is 5.60 Å². The summed E-state index contributed by atoms with van der Waals surface area (Å²) in [5.74, 6) is 1.23. The Morgan fingerprint density at radius 3 is 2.59 bits per heavy atom. The van der Waals surface area contributed by atoms with Crippen molar-refractivity contribution in [2.75, 3.05) is 31.2 Å². The summed E-state index contributed by atoms with van der Waals surface area (Å²) in [5, 5.41) is 13.2. The summed E-state index contributed by atoms with van der Waals surface area (Å²) in [7, 11) is 0. The summed E-state index contributed by atoms with van der Waals surface area (Å²) < 4.78 is 11.5. The number of aliphatic hydroxyl groups is 1. The van der Waals surface area contributed by atoms with E-state index in [2.05, 4.69) is 51.3 Å². The molecular weight excluding hydrogens is 552 g/mol.